The number of hydrogen-bond donors (Lipinski definition) is 3. The van der Waals surface area contributed by atoms with Gasteiger partial charge in [0.2, 0.25) is 11.8 Å². The number of carbonyl (C=O) groups is 4. The smallest absolute Gasteiger partial charge is 0.327 e. The molecule has 0 unspecified atom stereocenters. The zero-order valence-electron chi connectivity index (χ0n) is 18.4. The largest absolute Gasteiger partial charge is 0.480 e. The van der Waals surface area contributed by atoms with Gasteiger partial charge in [0.25, 0.3) is 5.91 Å². The first kappa shape index (κ1) is 24.1. The number of amides is 3. The average molecular weight is 464 g/mol. The van der Waals surface area contributed by atoms with Gasteiger partial charge in [-0.2, -0.15) is 0 Å². The lowest BCUT2D eigenvalue weighted by molar-refractivity contribution is -0.173. The Labute approximate surface area is 191 Å². The Morgan fingerprint density at radius 1 is 1.25 bits per heavy atom. The van der Waals surface area contributed by atoms with E-state index < -0.39 is 46.0 Å². The standard InChI is InChI=1S/C22H29N3O6S/c1-4-10-23-14(26)12-24(11-13-8-6-5-7-9-13)19(29)16(27)15-18(28)25-17(21(30)31)22(2,3)32-20(15)25/h5-9,15-17,20,27H,4,10-12H2,1-3H3,(H,23,26)(H,30,31)/t15-,16+,17+,20-/m1/s1. The van der Waals surface area contributed by atoms with Crippen LogP contribution in [0.25, 0.3) is 0 Å². The minimum Gasteiger partial charge on any atom is -0.480 e. The van der Waals surface area contributed by atoms with E-state index in [-0.39, 0.29) is 19.0 Å². The number of aliphatic hydroxyl groups excluding tert-OH is 1. The number of thioether (sulfide) groups is 1. The molecule has 2 fully saturated rings. The number of aliphatic hydroxyl groups is 1. The third-order valence-electron chi connectivity index (χ3n) is 5.74. The van der Waals surface area contributed by atoms with Crippen molar-refractivity contribution in [2.45, 2.75) is 56.0 Å². The van der Waals surface area contributed by atoms with Gasteiger partial charge in [0.05, 0.1) is 11.9 Å². The maximum Gasteiger partial charge on any atom is 0.327 e. The molecule has 0 bridgehead atoms. The molecule has 2 saturated heterocycles. The molecule has 0 spiro atoms. The molecule has 0 aromatic heterocycles. The molecule has 1 aromatic carbocycles. The van der Waals surface area contributed by atoms with Crippen molar-refractivity contribution in [2.24, 2.45) is 5.92 Å². The van der Waals surface area contributed by atoms with Crippen molar-refractivity contribution in [1.82, 2.24) is 15.1 Å². The quantitative estimate of drug-likeness (QED) is 0.459. The summed E-state index contributed by atoms with van der Waals surface area (Å²) in [4.78, 5) is 52.4. The highest BCUT2D eigenvalue weighted by atomic mass is 32.2. The van der Waals surface area contributed by atoms with Gasteiger partial charge < -0.3 is 25.3 Å². The summed E-state index contributed by atoms with van der Waals surface area (Å²) >= 11 is 1.27. The molecule has 0 saturated carbocycles. The minimum atomic E-state index is -1.66. The highest BCUT2D eigenvalue weighted by Crippen LogP contribution is 2.54. The Balaban J connectivity index is 1.77. The van der Waals surface area contributed by atoms with Gasteiger partial charge in [-0.3, -0.25) is 14.4 Å². The number of β-lactam (4-membered cyclic amide) rings is 1. The Hall–Kier alpha value is -2.59. The van der Waals surface area contributed by atoms with Crippen molar-refractivity contribution in [3.05, 3.63) is 35.9 Å². The first-order valence-electron chi connectivity index (χ1n) is 10.6. The van der Waals surface area contributed by atoms with E-state index in [1.54, 1.807) is 26.0 Å². The normalized spacial score (nSPS) is 24.3. The van der Waals surface area contributed by atoms with E-state index in [0.29, 0.717) is 6.54 Å². The van der Waals surface area contributed by atoms with Gasteiger partial charge in [0.1, 0.15) is 18.1 Å². The topological polar surface area (TPSA) is 127 Å². The number of carboxylic acids is 1. The molecule has 9 nitrogen and oxygen atoms in total. The Bertz CT molecular complexity index is 893. The van der Waals surface area contributed by atoms with Crippen LogP contribution in [0.2, 0.25) is 0 Å². The third-order valence-corrected chi connectivity index (χ3v) is 7.34. The summed E-state index contributed by atoms with van der Waals surface area (Å²) in [5.41, 5.74) is 0.778. The molecule has 2 aliphatic rings. The van der Waals surface area contributed by atoms with Gasteiger partial charge in [0, 0.05) is 17.8 Å². The summed E-state index contributed by atoms with van der Waals surface area (Å²) in [7, 11) is 0. The number of fused-ring (bicyclic) bond motifs is 1. The number of benzene rings is 1. The van der Waals surface area contributed by atoms with E-state index in [4.69, 9.17) is 0 Å². The lowest BCUT2D eigenvalue weighted by atomic mass is 9.87. The predicted molar refractivity (Wildman–Crippen MR) is 118 cm³/mol. The van der Waals surface area contributed by atoms with Crippen molar-refractivity contribution in [2.75, 3.05) is 13.1 Å². The second-order valence-electron chi connectivity index (χ2n) is 8.60. The van der Waals surface area contributed by atoms with Crippen molar-refractivity contribution < 1.29 is 29.4 Å². The Kier molecular flexibility index (Phi) is 7.14. The molecule has 4 atom stereocenters. The van der Waals surface area contributed by atoms with Gasteiger partial charge in [-0.1, -0.05) is 37.3 Å². The fourth-order valence-electron chi connectivity index (χ4n) is 4.18. The van der Waals surface area contributed by atoms with E-state index in [1.807, 2.05) is 25.1 Å². The van der Waals surface area contributed by atoms with Crippen LogP contribution in [-0.2, 0) is 25.7 Å². The first-order chi connectivity index (χ1) is 15.1. The average Bonchev–Trinajstić information content (AvgIpc) is 2.99. The summed E-state index contributed by atoms with van der Waals surface area (Å²) in [6.07, 6.45) is -0.922. The van der Waals surface area contributed by atoms with Crippen LogP contribution in [-0.4, -0.2) is 79.1 Å². The van der Waals surface area contributed by atoms with E-state index in [2.05, 4.69) is 5.32 Å². The zero-order chi connectivity index (χ0) is 23.6. The molecule has 32 heavy (non-hydrogen) atoms. The Morgan fingerprint density at radius 3 is 2.50 bits per heavy atom. The molecular formula is C22H29N3O6S. The molecule has 3 amide bonds. The SMILES string of the molecule is CCCNC(=O)CN(Cc1ccccc1)C(=O)[C@@H](O)[C@@H]1C(=O)N2[C@@H]1SC(C)(C)[C@@H]2C(=O)O. The number of hydrogen-bond acceptors (Lipinski definition) is 6. The van der Waals surface area contributed by atoms with Crippen molar-refractivity contribution in [3.63, 3.8) is 0 Å². The van der Waals surface area contributed by atoms with E-state index in [0.717, 1.165) is 12.0 Å². The number of carboxylic acid groups (broad SMARTS) is 1. The minimum absolute atomic E-state index is 0.0992. The van der Waals surface area contributed by atoms with Gasteiger partial charge in [-0.25, -0.2) is 4.79 Å². The molecule has 0 radical (unpaired) electrons. The lowest BCUT2D eigenvalue weighted by Gasteiger charge is -2.45. The predicted octanol–water partition coefficient (Wildman–Crippen LogP) is 0.665. The lowest BCUT2D eigenvalue weighted by Crippen LogP contribution is -2.67. The molecular weight excluding hydrogens is 434 g/mol. The molecule has 3 rings (SSSR count). The highest BCUT2D eigenvalue weighted by Gasteiger charge is 2.66. The van der Waals surface area contributed by atoms with Crippen LogP contribution in [0, 0.1) is 5.92 Å². The van der Waals surface area contributed by atoms with Gasteiger partial charge >= 0.3 is 5.97 Å². The second-order valence-corrected chi connectivity index (χ2v) is 10.4. The maximum absolute atomic E-state index is 13.2. The van der Waals surface area contributed by atoms with E-state index >= 15 is 0 Å². The van der Waals surface area contributed by atoms with Crippen LogP contribution in [0.4, 0.5) is 0 Å². The summed E-state index contributed by atoms with van der Waals surface area (Å²) in [5, 5.41) is 22.5. The maximum atomic E-state index is 13.2. The van der Waals surface area contributed by atoms with Crippen molar-refractivity contribution >= 4 is 35.5 Å². The van der Waals surface area contributed by atoms with Gasteiger partial charge in [0.15, 0.2) is 0 Å². The summed E-state index contributed by atoms with van der Waals surface area (Å²) in [6, 6.07) is 8.03. The molecule has 2 heterocycles. The van der Waals surface area contributed by atoms with Crippen LogP contribution in [0.1, 0.15) is 32.8 Å². The third kappa shape index (κ3) is 4.61. The summed E-state index contributed by atoms with van der Waals surface area (Å²) in [5.74, 6) is -3.80. The van der Waals surface area contributed by atoms with E-state index in [1.165, 1.54) is 21.6 Å². The number of rotatable bonds is 9. The zero-order valence-corrected chi connectivity index (χ0v) is 19.2. The molecule has 1 aromatic rings. The molecule has 0 aliphatic carbocycles. The van der Waals surface area contributed by atoms with Gasteiger partial charge in [-0.15, -0.1) is 11.8 Å². The molecule has 174 valence electrons. The Morgan fingerprint density at radius 2 is 1.91 bits per heavy atom. The van der Waals surface area contributed by atoms with E-state index in [9.17, 15) is 29.4 Å². The first-order valence-corrected chi connectivity index (χ1v) is 11.5. The molecule has 3 N–H and O–H groups in total. The number of aliphatic carboxylic acids is 1. The fourth-order valence-corrected chi connectivity index (χ4v) is 5.90. The summed E-state index contributed by atoms with van der Waals surface area (Å²) < 4.78 is -0.757. The molecule has 2 aliphatic heterocycles. The van der Waals surface area contributed by atoms with Gasteiger partial charge in [-0.05, 0) is 25.8 Å². The highest BCUT2D eigenvalue weighted by molar-refractivity contribution is 8.01. The molecule has 10 heteroatoms. The number of nitrogens with one attached hydrogen (secondary N) is 1. The monoisotopic (exact) mass is 463 g/mol. The van der Waals surface area contributed by atoms with Crippen molar-refractivity contribution in [1.29, 1.82) is 0 Å². The second kappa shape index (κ2) is 9.50. The van der Waals surface area contributed by atoms with Crippen LogP contribution in [0.5, 0.6) is 0 Å². The van der Waals surface area contributed by atoms with Crippen molar-refractivity contribution in [3.8, 4) is 0 Å². The number of nitrogens with zero attached hydrogens (tertiary/aromatic N) is 2. The van der Waals surface area contributed by atoms with Crippen LogP contribution >= 0.6 is 11.8 Å². The van der Waals surface area contributed by atoms with Crippen LogP contribution < -0.4 is 5.32 Å². The summed E-state index contributed by atoms with van der Waals surface area (Å²) in [6.45, 7) is 5.68. The fraction of sp³-hybridized carbons (Fsp3) is 0.545. The van der Waals surface area contributed by atoms with Crippen LogP contribution in [0.3, 0.4) is 0 Å². The van der Waals surface area contributed by atoms with Crippen LogP contribution in [0.15, 0.2) is 30.3 Å². The number of carbonyl (C=O) groups excluding carboxylic acids is 3.